The molecule has 0 spiro atoms. The molecular formula is C17H23NOS. The highest BCUT2D eigenvalue weighted by molar-refractivity contribution is 7.07. The van der Waals surface area contributed by atoms with E-state index in [1.807, 2.05) is 6.07 Å². The third kappa shape index (κ3) is 4.75. The average Bonchev–Trinajstić information content (AvgIpc) is 2.97. The molecule has 2 atom stereocenters. The Morgan fingerprint density at radius 2 is 2.00 bits per heavy atom. The van der Waals surface area contributed by atoms with Gasteiger partial charge < -0.3 is 10.4 Å². The number of hydrogen-bond acceptors (Lipinski definition) is 3. The molecule has 108 valence electrons. The number of benzene rings is 1. The lowest BCUT2D eigenvalue weighted by Crippen LogP contribution is -2.32. The average molecular weight is 289 g/mol. The van der Waals surface area contributed by atoms with E-state index in [-0.39, 0.29) is 6.61 Å². The van der Waals surface area contributed by atoms with Crippen LogP contribution in [-0.2, 0) is 6.42 Å². The number of nitrogens with one attached hydrogen (secondary N) is 1. The Balaban J connectivity index is 1.96. The first-order chi connectivity index (χ1) is 9.79. The maximum atomic E-state index is 9.08. The highest BCUT2D eigenvalue weighted by Crippen LogP contribution is 2.20. The standard InChI is InChI=1S/C17H23NOS/c1-14(12-15-9-11-20-13-15)18-17(8-5-10-19)16-6-3-2-4-7-16/h2-4,6-7,9,11,13-14,17-19H,5,8,10,12H2,1H3. The van der Waals surface area contributed by atoms with Crippen molar-refractivity contribution in [2.24, 2.45) is 0 Å². The fourth-order valence-corrected chi connectivity index (χ4v) is 3.17. The van der Waals surface area contributed by atoms with Crippen molar-refractivity contribution in [1.82, 2.24) is 5.32 Å². The molecule has 1 aromatic heterocycles. The molecule has 0 amide bonds. The zero-order chi connectivity index (χ0) is 14.2. The van der Waals surface area contributed by atoms with Gasteiger partial charge in [-0.15, -0.1) is 0 Å². The number of rotatable bonds is 8. The summed E-state index contributed by atoms with van der Waals surface area (Å²) in [6, 6.07) is 13.4. The zero-order valence-corrected chi connectivity index (χ0v) is 12.8. The molecule has 0 fully saturated rings. The summed E-state index contributed by atoms with van der Waals surface area (Å²) in [7, 11) is 0. The largest absolute Gasteiger partial charge is 0.396 e. The van der Waals surface area contributed by atoms with Crippen molar-refractivity contribution < 1.29 is 5.11 Å². The van der Waals surface area contributed by atoms with E-state index in [0.29, 0.717) is 12.1 Å². The lowest BCUT2D eigenvalue weighted by molar-refractivity contribution is 0.272. The second-order valence-electron chi connectivity index (χ2n) is 5.23. The molecule has 2 unspecified atom stereocenters. The van der Waals surface area contributed by atoms with Crippen LogP contribution in [0.3, 0.4) is 0 Å². The summed E-state index contributed by atoms with van der Waals surface area (Å²) in [4.78, 5) is 0. The van der Waals surface area contributed by atoms with E-state index in [4.69, 9.17) is 5.11 Å². The molecule has 0 aliphatic carbocycles. The van der Waals surface area contributed by atoms with Gasteiger partial charge in [0.1, 0.15) is 0 Å². The highest BCUT2D eigenvalue weighted by atomic mass is 32.1. The molecule has 3 heteroatoms. The Bertz CT molecular complexity index is 469. The van der Waals surface area contributed by atoms with Crippen molar-refractivity contribution in [1.29, 1.82) is 0 Å². The molecule has 0 saturated heterocycles. The number of aliphatic hydroxyl groups excluding tert-OH is 1. The van der Waals surface area contributed by atoms with Gasteiger partial charge in [0.25, 0.3) is 0 Å². The van der Waals surface area contributed by atoms with Crippen LogP contribution in [0.1, 0.15) is 36.9 Å². The van der Waals surface area contributed by atoms with Gasteiger partial charge in [-0.25, -0.2) is 0 Å². The Kier molecular flexibility index (Phi) is 6.25. The lowest BCUT2D eigenvalue weighted by atomic mass is 10.00. The van der Waals surface area contributed by atoms with E-state index >= 15 is 0 Å². The molecule has 0 saturated carbocycles. The van der Waals surface area contributed by atoms with Gasteiger partial charge in [-0.2, -0.15) is 11.3 Å². The molecule has 1 aromatic carbocycles. The van der Waals surface area contributed by atoms with Crippen LogP contribution >= 0.6 is 11.3 Å². The van der Waals surface area contributed by atoms with Crippen LogP contribution in [0.25, 0.3) is 0 Å². The third-order valence-corrected chi connectivity index (χ3v) is 4.19. The van der Waals surface area contributed by atoms with E-state index < -0.39 is 0 Å². The topological polar surface area (TPSA) is 32.3 Å². The summed E-state index contributed by atoms with van der Waals surface area (Å²) in [6.07, 6.45) is 2.85. The minimum atomic E-state index is 0.254. The molecule has 20 heavy (non-hydrogen) atoms. The van der Waals surface area contributed by atoms with Crippen LogP contribution in [0.5, 0.6) is 0 Å². The minimum Gasteiger partial charge on any atom is -0.396 e. The molecule has 0 aliphatic rings. The molecule has 2 N–H and O–H groups in total. The van der Waals surface area contributed by atoms with E-state index in [1.165, 1.54) is 11.1 Å². The van der Waals surface area contributed by atoms with Crippen LogP contribution in [-0.4, -0.2) is 17.8 Å². The van der Waals surface area contributed by atoms with Crippen molar-refractivity contribution in [2.45, 2.75) is 38.3 Å². The monoisotopic (exact) mass is 289 g/mol. The highest BCUT2D eigenvalue weighted by Gasteiger charge is 2.14. The van der Waals surface area contributed by atoms with Crippen molar-refractivity contribution in [2.75, 3.05) is 6.61 Å². The minimum absolute atomic E-state index is 0.254. The lowest BCUT2D eigenvalue weighted by Gasteiger charge is -2.23. The second kappa shape index (κ2) is 8.20. The first-order valence-corrected chi connectivity index (χ1v) is 8.17. The smallest absolute Gasteiger partial charge is 0.0431 e. The molecule has 0 aliphatic heterocycles. The summed E-state index contributed by atoms with van der Waals surface area (Å²) in [5.41, 5.74) is 2.70. The molecule has 0 radical (unpaired) electrons. The fourth-order valence-electron chi connectivity index (χ4n) is 2.49. The van der Waals surface area contributed by atoms with E-state index in [9.17, 15) is 0 Å². The maximum Gasteiger partial charge on any atom is 0.0431 e. The first-order valence-electron chi connectivity index (χ1n) is 7.22. The van der Waals surface area contributed by atoms with E-state index in [2.05, 4.69) is 53.3 Å². The maximum absolute atomic E-state index is 9.08. The third-order valence-electron chi connectivity index (χ3n) is 3.46. The van der Waals surface area contributed by atoms with Crippen molar-refractivity contribution in [3.8, 4) is 0 Å². The van der Waals surface area contributed by atoms with Crippen LogP contribution < -0.4 is 5.32 Å². The van der Waals surface area contributed by atoms with E-state index in [0.717, 1.165) is 19.3 Å². The van der Waals surface area contributed by atoms with Crippen LogP contribution in [0.4, 0.5) is 0 Å². The SMILES string of the molecule is CC(Cc1ccsc1)NC(CCCO)c1ccccc1. The van der Waals surface area contributed by atoms with Crippen molar-refractivity contribution in [3.05, 3.63) is 58.3 Å². The fraction of sp³-hybridized carbons (Fsp3) is 0.412. The van der Waals surface area contributed by atoms with Crippen LogP contribution in [0, 0.1) is 0 Å². The number of hydrogen-bond donors (Lipinski definition) is 2. The summed E-state index contributed by atoms with van der Waals surface area (Å²) >= 11 is 1.75. The van der Waals surface area contributed by atoms with Crippen molar-refractivity contribution >= 4 is 11.3 Å². The van der Waals surface area contributed by atoms with Gasteiger partial charge in [0.05, 0.1) is 0 Å². The van der Waals surface area contributed by atoms with Gasteiger partial charge >= 0.3 is 0 Å². The summed E-state index contributed by atoms with van der Waals surface area (Å²) in [5, 5.41) is 17.1. The normalized spacial score (nSPS) is 14.1. The van der Waals surface area contributed by atoms with E-state index in [1.54, 1.807) is 11.3 Å². The van der Waals surface area contributed by atoms with Gasteiger partial charge in [0.2, 0.25) is 0 Å². The van der Waals surface area contributed by atoms with Crippen molar-refractivity contribution in [3.63, 3.8) is 0 Å². The van der Waals surface area contributed by atoms with Crippen LogP contribution in [0.2, 0.25) is 0 Å². The predicted molar refractivity (Wildman–Crippen MR) is 86.1 cm³/mol. The van der Waals surface area contributed by atoms with Gasteiger partial charge in [-0.1, -0.05) is 30.3 Å². The Hall–Kier alpha value is -1.16. The van der Waals surface area contributed by atoms with Gasteiger partial charge in [-0.05, 0) is 54.1 Å². The first kappa shape index (κ1) is 15.2. The predicted octanol–water partition coefficient (Wildman–Crippen LogP) is 3.78. The second-order valence-corrected chi connectivity index (χ2v) is 6.01. The molecular weight excluding hydrogens is 266 g/mol. The molecule has 0 bridgehead atoms. The molecule has 1 heterocycles. The van der Waals surface area contributed by atoms with Crippen LogP contribution in [0.15, 0.2) is 47.2 Å². The molecule has 2 nitrogen and oxygen atoms in total. The zero-order valence-electron chi connectivity index (χ0n) is 12.0. The Labute approximate surface area is 125 Å². The number of thiophene rings is 1. The summed E-state index contributed by atoms with van der Waals surface area (Å²) in [5.74, 6) is 0. The summed E-state index contributed by atoms with van der Waals surface area (Å²) in [6.45, 7) is 2.48. The number of aliphatic hydroxyl groups is 1. The van der Waals surface area contributed by atoms with Gasteiger partial charge in [-0.3, -0.25) is 0 Å². The molecule has 2 aromatic rings. The van der Waals surface area contributed by atoms with Gasteiger partial charge in [0.15, 0.2) is 0 Å². The molecule has 2 rings (SSSR count). The van der Waals surface area contributed by atoms with Gasteiger partial charge in [0, 0.05) is 18.7 Å². The summed E-state index contributed by atoms with van der Waals surface area (Å²) < 4.78 is 0. The Morgan fingerprint density at radius 1 is 1.20 bits per heavy atom. The quantitative estimate of drug-likeness (QED) is 0.775. The Morgan fingerprint density at radius 3 is 2.65 bits per heavy atom.